The van der Waals surface area contributed by atoms with Crippen molar-refractivity contribution < 1.29 is 23.1 Å². The Labute approximate surface area is 182 Å². The van der Waals surface area contributed by atoms with Gasteiger partial charge < -0.3 is 14.5 Å². The van der Waals surface area contributed by atoms with Crippen molar-refractivity contribution in [1.29, 1.82) is 0 Å². The summed E-state index contributed by atoms with van der Waals surface area (Å²) in [4.78, 5) is 36.6. The fourth-order valence-electron chi connectivity index (χ4n) is 3.88. The zero-order valence-corrected chi connectivity index (χ0v) is 17.4. The van der Waals surface area contributed by atoms with Crippen LogP contribution in [0.25, 0.3) is 11.0 Å². The Hall–Kier alpha value is -3.19. The Morgan fingerprint density at radius 3 is 2.74 bits per heavy atom. The molecule has 0 bridgehead atoms. The maximum Gasteiger partial charge on any atom is 0.339 e. The molecule has 1 aromatic heterocycles. The largest absolute Gasteiger partial charge is 0.423 e. The molecule has 8 heteroatoms. The molecule has 1 heterocycles. The van der Waals surface area contributed by atoms with Gasteiger partial charge in [-0.25, -0.2) is 14.0 Å². The van der Waals surface area contributed by atoms with Crippen molar-refractivity contribution in [2.45, 2.75) is 38.6 Å². The number of fused-ring (bicyclic) bond motifs is 3. The summed E-state index contributed by atoms with van der Waals surface area (Å²) >= 11 is 6.35. The Kier molecular flexibility index (Phi) is 5.78. The number of halogens is 2. The third kappa shape index (κ3) is 4.46. The maximum atomic E-state index is 13.5. The van der Waals surface area contributed by atoms with Gasteiger partial charge in [-0.2, -0.15) is 0 Å². The molecule has 1 N–H and O–H groups in total. The van der Waals surface area contributed by atoms with Crippen molar-refractivity contribution in [2.24, 2.45) is 0 Å². The number of ether oxygens (including phenoxy) is 1. The molecule has 1 atom stereocenters. The highest BCUT2D eigenvalue weighted by Crippen LogP contribution is 2.34. The van der Waals surface area contributed by atoms with Crippen molar-refractivity contribution in [3.8, 4) is 5.75 Å². The lowest BCUT2D eigenvalue weighted by molar-refractivity contribution is -0.139. The van der Waals surface area contributed by atoms with Crippen LogP contribution in [0.2, 0.25) is 5.02 Å². The van der Waals surface area contributed by atoms with E-state index in [1.807, 2.05) is 0 Å². The van der Waals surface area contributed by atoms with Crippen LogP contribution in [-0.2, 0) is 28.9 Å². The highest BCUT2D eigenvalue weighted by atomic mass is 35.5. The predicted octanol–water partition coefficient (Wildman–Crippen LogP) is 3.73. The molecule has 0 aliphatic heterocycles. The first-order valence-corrected chi connectivity index (χ1v) is 10.2. The monoisotopic (exact) mass is 443 g/mol. The van der Waals surface area contributed by atoms with Gasteiger partial charge >= 0.3 is 11.6 Å². The lowest BCUT2D eigenvalue weighted by Gasteiger charge is -2.17. The van der Waals surface area contributed by atoms with Gasteiger partial charge in [-0.05, 0) is 48.6 Å². The predicted molar refractivity (Wildman–Crippen MR) is 113 cm³/mol. The number of amides is 1. The second-order valence-corrected chi connectivity index (χ2v) is 7.89. The van der Waals surface area contributed by atoms with Gasteiger partial charge in [0.15, 0.2) is 5.75 Å². The van der Waals surface area contributed by atoms with E-state index in [-0.39, 0.29) is 22.8 Å². The van der Waals surface area contributed by atoms with E-state index in [2.05, 4.69) is 5.32 Å². The van der Waals surface area contributed by atoms with Crippen LogP contribution in [-0.4, -0.2) is 17.9 Å². The van der Waals surface area contributed by atoms with Gasteiger partial charge in [-0.3, -0.25) is 4.79 Å². The quantitative estimate of drug-likeness (QED) is 0.369. The number of nitrogens with one attached hydrogen (secondary N) is 1. The number of carbonyl (C=O) groups excluding carboxylic acids is 2. The van der Waals surface area contributed by atoms with Crippen molar-refractivity contribution in [3.05, 3.63) is 74.3 Å². The van der Waals surface area contributed by atoms with Crippen molar-refractivity contribution in [2.75, 3.05) is 0 Å². The molecular weight excluding hydrogens is 425 g/mol. The van der Waals surface area contributed by atoms with Crippen LogP contribution >= 0.6 is 11.6 Å². The molecule has 0 radical (unpaired) electrons. The van der Waals surface area contributed by atoms with Gasteiger partial charge in [0.1, 0.15) is 17.4 Å². The van der Waals surface area contributed by atoms with E-state index in [0.717, 1.165) is 23.8 Å². The summed E-state index contributed by atoms with van der Waals surface area (Å²) in [7, 11) is 0. The zero-order valence-electron chi connectivity index (χ0n) is 16.7. The van der Waals surface area contributed by atoms with Gasteiger partial charge in [0.05, 0.1) is 5.02 Å². The first kappa shape index (κ1) is 21.1. The molecule has 160 valence electrons. The van der Waals surface area contributed by atoms with Crippen LogP contribution in [0.3, 0.4) is 0 Å². The first-order chi connectivity index (χ1) is 14.8. The molecule has 1 aliphatic carbocycles. The smallest absolute Gasteiger partial charge is 0.339 e. The highest BCUT2D eigenvalue weighted by Gasteiger charge is 2.25. The number of rotatable bonds is 5. The van der Waals surface area contributed by atoms with Gasteiger partial charge in [0, 0.05) is 30.4 Å². The minimum absolute atomic E-state index is 0.00913. The molecule has 3 aromatic rings. The van der Waals surface area contributed by atoms with E-state index in [4.69, 9.17) is 20.8 Å². The fourth-order valence-corrected chi connectivity index (χ4v) is 4.08. The number of hydrogen-bond donors (Lipinski definition) is 1. The van der Waals surface area contributed by atoms with Crippen molar-refractivity contribution in [3.63, 3.8) is 0 Å². The summed E-state index contributed by atoms with van der Waals surface area (Å²) in [6, 6.07) is 7.69. The number of benzene rings is 2. The van der Waals surface area contributed by atoms with E-state index >= 15 is 0 Å². The number of esters is 1. The number of hydrogen-bond acceptors (Lipinski definition) is 5. The molecule has 6 nitrogen and oxygen atoms in total. The average Bonchev–Trinajstić information content (AvgIpc) is 3.19. The van der Waals surface area contributed by atoms with E-state index in [1.54, 1.807) is 12.1 Å². The van der Waals surface area contributed by atoms with Gasteiger partial charge in [0.25, 0.3) is 0 Å². The molecular formula is C23H19ClFNO5. The maximum absolute atomic E-state index is 13.5. The van der Waals surface area contributed by atoms with Gasteiger partial charge in [-0.15, -0.1) is 0 Å². The lowest BCUT2D eigenvalue weighted by atomic mass is 10.1. The summed E-state index contributed by atoms with van der Waals surface area (Å²) in [6.45, 7) is 1.27. The van der Waals surface area contributed by atoms with E-state index in [9.17, 15) is 18.8 Å². The molecule has 0 spiro atoms. The van der Waals surface area contributed by atoms with E-state index < -0.39 is 29.4 Å². The van der Waals surface area contributed by atoms with E-state index in [1.165, 1.54) is 31.2 Å². The second kappa shape index (κ2) is 8.51. The molecule has 0 saturated heterocycles. The van der Waals surface area contributed by atoms with Crippen LogP contribution in [0.15, 0.2) is 45.6 Å². The summed E-state index contributed by atoms with van der Waals surface area (Å²) in [5.41, 5.74) is 1.96. The van der Waals surface area contributed by atoms with Crippen molar-refractivity contribution >= 4 is 34.4 Å². The second-order valence-electron chi connectivity index (χ2n) is 7.49. The van der Waals surface area contributed by atoms with Crippen molar-refractivity contribution in [1.82, 2.24) is 5.32 Å². The molecule has 1 amide bonds. The molecule has 4 rings (SSSR count). The zero-order chi connectivity index (χ0) is 22.1. The number of aryl methyl sites for hydroxylation is 1. The Morgan fingerprint density at radius 2 is 2.00 bits per heavy atom. The van der Waals surface area contributed by atoms with Crippen LogP contribution in [0.1, 0.15) is 30.0 Å². The summed E-state index contributed by atoms with van der Waals surface area (Å²) in [6.07, 6.45) is 2.32. The summed E-state index contributed by atoms with van der Waals surface area (Å²) in [5.74, 6) is -1.66. The normalized spacial score (nSPS) is 13.6. The molecule has 0 saturated carbocycles. The average molecular weight is 444 g/mol. The molecule has 2 aromatic carbocycles. The summed E-state index contributed by atoms with van der Waals surface area (Å²) in [5, 5.41) is 3.41. The fraction of sp³-hybridized carbons (Fsp3) is 0.261. The third-order valence-corrected chi connectivity index (χ3v) is 5.52. The number of carbonyl (C=O) groups is 2. The minimum atomic E-state index is -1.06. The Balaban J connectivity index is 1.63. The SMILES string of the molecule is CC(=O)NC(Cc1cccc(F)c1)C(=O)Oc1cc2oc(=O)c3c(c2cc1Cl)CCC3. The first-order valence-electron chi connectivity index (χ1n) is 9.83. The third-order valence-electron chi connectivity index (χ3n) is 5.23. The minimum Gasteiger partial charge on any atom is -0.423 e. The lowest BCUT2D eigenvalue weighted by Crippen LogP contribution is -2.43. The van der Waals surface area contributed by atoms with Crippen LogP contribution in [0, 0.1) is 5.82 Å². The molecule has 1 aliphatic rings. The molecule has 1 unspecified atom stereocenters. The van der Waals surface area contributed by atoms with Gasteiger partial charge in [-0.1, -0.05) is 23.7 Å². The Morgan fingerprint density at radius 1 is 1.23 bits per heavy atom. The topological polar surface area (TPSA) is 85.6 Å². The molecule has 0 fully saturated rings. The van der Waals surface area contributed by atoms with Gasteiger partial charge in [0.2, 0.25) is 5.91 Å². The van der Waals surface area contributed by atoms with Crippen LogP contribution < -0.4 is 15.7 Å². The van der Waals surface area contributed by atoms with E-state index in [0.29, 0.717) is 17.5 Å². The standard InChI is InChI=1S/C23H19ClFNO5/c1-12(27)26-19(9-13-4-2-5-14(25)8-13)23(29)31-21-11-20-17(10-18(21)24)15-6-3-7-16(15)22(28)30-20/h2,4-5,8,10-11,19H,3,6-7,9H2,1H3,(H,26,27). The Bertz CT molecular complexity index is 1250. The van der Waals surface area contributed by atoms with Crippen LogP contribution in [0.4, 0.5) is 4.39 Å². The molecule has 31 heavy (non-hydrogen) atoms. The summed E-state index contributed by atoms with van der Waals surface area (Å²) < 4.78 is 24.3. The highest BCUT2D eigenvalue weighted by molar-refractivity contribution is 6.33. The van der Waals surface area contributed by atoms with Crippen LogP contribution in [0.5, 0.6) is 5.75 Å².